The highest BCUT2D eigenvalue weighted by molar-refractivity contribution is 7.13. The third kappa shape index (κ3) is 4.13. The maximum atomic E-state index is 12.4. The lowest BCUT2D eigenvalue weighted by Crippen LogP contribution is -2.53. The quantitative estimate of drug-likeness (QED) is 0.827. The molecular weight excluding hydrogens is 350 g/mol. The second-order valence-electron chi connectivity index (χ2n) is 6.91. The van der Waals surface area contributed by atoms with Gasteiger partial charge in [0.25, 0.3) is 0 Å². The summed E-state index contributed by atoms with van der Waals surface area (Å²) in [5, 5.41) is 9.37. The Morgan fingerprint density at radius 3 is 2.96 bits per heavy atom. The number of hydrogen-bond donors (Lipinski definition) is 1. The summed E-state index contributed by atoms with van der Waals surface area (Å²) in [6, 6.07) is 4.04. The first kappa shape index (κ1) is 17.6. The van der Waals surface area contributed by atoms with Crippen LogP contribution in [0, 0.1) is 0 Å². The summed E-state index contributed by atoms with van der Waals surface area (Å²) in [5.41, 5.74) is 0. The van der Waals surface area contributed by atoms with Crippen LogP contribution in [0.4, 0.5) is 0 Å². The highest BCUT2D eigenvalue weighted by Crippen LogP contribution is 2.21. The van der Waals surface area contributed by atoms with Gasteiger partial charge in [0.2, 0.25) is 17.6 Å². The minimum Gasteiger partial charge on any atom is -0.339 e. The number of aromatic nitrogens is 2. The maximum absolute atomic E-state index is 12.4. The van der Waals surface area contributed by atoms with Gasteiger partial charge in [-0.3, -0.25) is 9.69 Å². The normalized spacial score (nSPS) is 21.4. The smallest absolute Gasteiger partial charge is 0.239 e. The van der Waals surface area contributed by atoms with E-state index in [-0.39, 0.29) is 11.9 Å². The van der Waals surface area contributed by atoms with E-state index < -0.39 is 0 Å². The van der Waals surface area contributed by atoms with Crippen molar-refractivity contribution in [1.82, 2.24) is 25.3 Å². The first-order chi connectivity index (χ1) is 12.8. The van der Waals surface area contributed by atoms with E-state index in [0.29, 0.717) is 11.7 Å². The molecule has 7 nitrogen and oxygen atoms in total. The van der Waals surface area contributed by atoms with Gasteiger partial charge < -0.3 is 14.7 Å². The lowest BCUT2D eigenvalue weighted by atomic mass is 10.2. The van der Waals surface area contributed by atoms with Crippen LogP contribution in [0.5, 0.6) is 0 Å². The van der Waals surface area contributed by atoms with Gasteiger partial charge in [0.15, 0.2) is 0 Å². The fourth-order valence-electron chi connectivity index (χ4n) is 3.62. The van der Waals surface area contributed by atoms with Crippen molar-refractivity contribution in [1.29, 1.82) is 0 Å². The zero-order chi connectivity index (χ0) is 17.8. The zero-order valence-electron chi connectivity index (χ0n) is 14.9. The van der Waals surface area contributed by atoms with Crippen LogP contribution in [-0.2, 0) is 11.2 Å². The van der Waals surface area contributed by atoms with Crippen molar-refractivity contribution in [2.24, 2.45) is 0 Å². The molecule has 1 unspecified atom stereocenters. The largest absolute Gasteiger partial charge is 0.339 e. The van der Waals surface area contributed by atoms with Crippen LogP contribution < -0.4 is 5.32 Å². The first-order valence-corrected chi connectivity index (χ1v) is 10.3. The van der Waals surface area contributed by atoms with Gasteiger partial charge in [0, 0.05) is 32.6 Å². The molecule has 140 valence electrons. The Labute approximate surface area is 157 Å². The number of carbonyl (C=O) groups is 1. The molecule has 2 aromatic heterocycles. The summed E-state index contributed by atoms with van der Waals surface area (Å²) in [6.07, 6.45) is 3.88. The molecule has 0 radical (unpaired) electrons. The van der Waals surface area contributed by atoms with Crippen molar-refractivity contribution in [3.05, 3.63) is 23.4 Å². The minimum atomic E-state index is 0.0524. The van der Waals surface area contributed by atoms with Gasteiger partial charge in [-0.25, -0.2) is 0 Å². The molecule has 2 fully saturated rings. The monoisotopic (exact) mass is 375 g/mol. The molecule has 4 heterocycles. The Bertz CT molecular complexity index is 703. The van der Waals surface area contributed by atoms with Crippen molar-refractivity contribution >= 4 is 17.2 Å². The molecule has 1 N–H and O–H groups in total. The molecule has 0 bridgehead atoms. The van der Waals surface area contributed by atoms with Crippen molar-refractivity contribution < 1.29 is 9.32 Å². The lowest BCUT2D eigenvalue weighted by Gasteiger charge is -2.35. The molecule has 2 saturated heterocycles. The molecule has 0 aliphatic carbocycles. The number of rotatable bonds is 6. The molecule has 0 saturated carbocycles. The Morgan fingerprint density at radius 1 is 1.35 bits per heavy atom. The fourth-order valence-corrected chi connectivity index (χ4v) is 4.27. The van der Waals surface area contributed by atoms with Gasteiger partial charge >= 0.3 is 0 Å². The van der Waals surface area contributed by atoms with E-state index >= 15 is 0 Å². The summed E-state index contributed by atoms with van der Waals surface area (Å²) < 4.78 is 5.35. The molecule has 8 heteroatoms. The highest BCUT2D eigenvalue weighted by Gasteiger charge is 2.29. The lowest BCUT2D eigenvalue weighted by molar-refractivity contribution is -0.134. The first-order valence-electron chi connectivity index (χ1n) is 9.40. The molecule has 2 aliphatic heterocycles. The topological polar surface area (TPSA) is 74.5 Å². The van der Waals surface area contributed by atoms with Crippen molar-refractivity contribution in [3.8, 4) is 10.7 Å². The second-order valence-corrected chi connectivity index (χ2v) is 7.86. The van der Waals surface area contributed by atoms with Crippen LogP contribution in [0.1, 0.15) is 25.2 Å². The minimum absolute atomic E-state index is 0.0524. The van der Waals surface area contributed by atoms with E-state index in [9.17, 15) is 4.79 Å². The van der Waals surface area contributed by atoms with Gasteiger partial charge in [-0.1, -0.05) is 11.2 Å². The Kier molecular flexibility index (Phi) is 5.62. The van der Waals surface area contributed by atoms with E-state index in [2.05, 4.69) is 20.4 Å². The van der Waals surface area contributed by atoms with Crippen LogP contribution in [0.25, 0.3) is 10.7 Å². The van der Waals surface area contributed by atoms with E-state index in [4.69, 9.17) is 4.52 Å². The van der Waals surface area contributed by atoms with Crippen LogP contribution in [-0.4, -0.2) is 71.2 Å². The third-order valence-corrected chi connectivity index (χ3v) is 5.98. The second kappa shape index (κ2) is 8.28. The molecular formula is C18H25N5O2S. The van der Waals surface area contributed by atoms with E-state index in [1.165, 1.54) is 0 Å². The number of aryl methyl sites for hydroxylation is 1. The molecule has 0 spiro atoms. The summed E-state index contributed by atoms with van der Waals surface area (Å²) >= 11 is 1.62. The number of nitrogens with one attached hydrogen (secondary N) is 1. The number of amides is 1. The Balaban J connectivity index is 1.18. The van der Waals surface area contributed by atoms with E-state index in [1.54, 1.807) is 11.3 Å². The standard InChI is InChI=1S/C18H25N5O2S/c24-18(14-4-1-7-19-14)23-11-9-22(10-12-23)8-2-6-16-20-17(21-25-16)15-5-3-13-26-15/h3,5,13-14,19H,1-2,4,6-12H2. The van der Waals surface area contributed by atoms with Gasteiger partial charge in [-0.05, 0) is 43.8 Å². The van der Waals surface area contributed by atoms with Gasteiger partial charge in [0.05, 0.1) is 10.9 Å². The van der Waals surface area contributed by atoms with Gasteiger partial charge in [0.1, 0.15) is 0 Å². The van der Waals surface area contributed by atoms with Gasteiger partial charge in [-0.15, -0.1) is 11.3 Å². The van der Waals surface area contributed by atoms with Crippen LogP contribution in [0.15, 0.2) is 22.0 Å². The van der Waals surface area contributed by atoms with Crippen LogP contribution in [0.2, 0.25) is 0 Å². The van der Waals surface area contributed by atoms with E-state index in [1.807, 2.05) is 22.4 Å². The van der Waals surface area contributed by atoms with Crippen molar-refractivity contribution in [3.63, 3.8) is 0 Å². The average molecular weight is 375 g/mol. The molecule has 26 heavy (non-hydrogen) atoms. The third-order valence-electron chi connectivity index (χ3n) is 5.12. The number of thiophene rings is 1. The summed E-state index contributed by atoms with van der Waals surface area (Å²) in [4.78, 5) is 22.4. The summed E-state index contributed by atoms with van der Waals surface area (Å²) in [5.74, 6) is 1.67. The van der Waals surface area contributed by atoms with Crippen LogP contribution in [0.3, 0.4) is 0 Å². The van der Waals surface area contributed by atoms with Crippen LogP contribution >= 0.6 is 11.3 Å². The zero-order valence-corrected chi connectivity index (χ0v) is 15.7. The average Bonchev–Trinajstić information content (AvgIpc) is 3.43. The van der Waals surface area contributed by atoms with Crippen molar-refractivity contribution in [2.45, 2.75) is 31.7 Å². The number of hydrogen-bond acceptors (Lipinski definition) is 7. The fraction of sp³-hybridized carbons (Fsp3) is 0.611. The molecule has 2 aromatic rings. The van der Waals surface area contributed by atoms with Crippen molar-refractivity contribution in [2.75, 3.05) is 39.3 Å². The number of carbonyl (C=O) groups excluding carboxylic acids is 1. The Morgan fingerprint density at radius 2 is 2.23 bits per heavy atom. The highest BCUT2D eigenvalue weighted by atomic mass is 32.1. The number of piperazine rings is 1. The SMILES string of the molecule is O=C(C1CCCN1)N1CCN(CCCc2nc(-c3cccs3)no2)CC1. The number of nitrogens with zero attached hydrogens (tertiary/aromatic N) is 4. The molecule has 4 rings (SSSR count). The van der Waals surface area contributed by atoms with E-state index in [0.717, 1.165) is 69.8 Å². The predicted octanol–water partition coefficient (Wildman–Crippen LogP) is 1.63. The Hall–Kier alpha value is -1.77. The van der Waals surface area contributed by atoms with Gasteiger partial charge in [-0.2, -0.15) is 4.98 Å². The maximum Gasteiger partial charge on any atom is 0.239 e. The summed E-state index contributed by atoms with van der Waals surface area (Å²) in [7, 11) is 0. The molecule has 1 amide bonds. The molecule has 1 atom stereocenters. The summed E-state index contributed by atoms with van der Waals surface area (Å²) in [6.45, 7) is 5.53. The molecule has 2 aliphatic rings. The predicted molar refractivity (Wildman–Crippen MR) is 100.0 cm³/mol. The molecule has 0 aromatic carbocycles.